The van der Waals surface area contributed by atoms with E-state index in [0.717, 1.165) is 38.3 Å². The van der Waals surface area contributed by atoms with Gasteiger partial charge in [-0.2, -0.15) is 0 Å². The number of aromatic nitrogens is 1. The number of hydrogen-bond donors (Lipinski definition) is 3. The predicted octanol–water partition coefficient (Wildman–Crippen LogP) is 2.45. The predicted molar refractivity (Wildman–Crippen MR) is 96.7 cm³/mol. The van der Waals surface area contributed by atoms with Gasteiger partial charge in [-0.3, -0.25) is 4.99 Å². The second-order valence-corrected chi connectivity index (χ2v) is 4.90. The number of pyridine rings is 1. The lowest BCUT2D eigenvalue weighted by Crippen LogP contribution is -2.33. The molecule has 0 fully saturated rings. The van der Waals surface area contributed by atoms with E-state index in [0.29, 0.717) is 11.9 Å². The Kier molecular flexibility index (Phi) is 11.1. The van der Waals surface area contributed by atoms with Gasteiger partial charge in [-0.15, -0.1) is 24.0 Å². The van der Waals surface area contributed by atoms with Gasteiger partial charge in [0, 0.05) is 25.8 Å². The first-order valence-corrected chi connectivity index (χ1v) is 6.87. The summed E-state index contributed by atoms with van der Waals surface area (Å²) >= 11 is 0. The lowest BCUT2D eigenvalue weighted by Gasteiger charge is -2.07. The fourth-order valence-electron chi connectivity index (χ4n) is 1.49. The molecule has 0 aromatic carbocycles. The molecule has 0 aliphatic rings. The standard InChI is InChI=1S/C14H25N5.HI/c1-12(2)11-19-14(15)18-10-6-5-9-17-13-7-3-4-8-16-13;/h3-4,7-8,12H,5-6,9-11H2,1-2H3,(H,16,17)(H3,15,18,19);1H. The van der Waals surface area contributed by atoms with Crippen molar-refractivity contribution in [2.45, 2.75) is 26.7 Å². The smallest absolute Gasteiger partial charge is 0.188 e. The summed E-state index contributed by atoms with van der Waals surface area (Å²) in [6, 6.07) is 5.85. The Labute approximate surface area is 138 Å². The molecule has 114 valence electrons. The van der Waals surface area contributed by atoms with Crippen LogP contribution in [0, 0.1) is 5.92 Å². The first-order valence-electron chi connectivity index (χ1n) is 6.87. The van der Waals surface area contributed by atoms with E-state index >= 15 is 0 Å². The molecule has 0 amide bonds. The molecule has 0 unspecified atom stereocenters. The van der Waals surface area contributed by atoms with Crippen molar-refractivity contribution >= 4 is 35.8 Å². The van der Waals surface area contributed by atoms with Gasteiger partial charge in [-0.05, 0) is 30.9 Å². The van der Waals surface area contributed by atoms with Crippen LogP contribution in [0.4, 0.5) is 5.82 Å². The molecule has 0 atom stereocenters. The zero-order valence-electron chi connectivity index (χ0n) is 12.3. The maximum absolute atomic E-state index is 5.74. The Hall–Kier alpha value is -1.05. The van der Waals surface area contributed by atoms with E-state index < -0.39 is 0 Å². The molecular weight excluding hydrogens is 365 g/mol. The molecule has 20 heavy (non-hydrogen) atoms. The number of hydrogen-bond acceptors (Lipinski definition) is 3. The summed E-state index contributed by atoms with van der Waals surface area (Å²) < 4.78 is 0. The van der Waals surface area contributed by atoms with Crippen molar-refractivity contribution in [2.75, 3.05) is 25.0 Å². The fraction of sp³-hybridized carbons (Fsp3) is 0.571. The quantitative estimate of drug-likeness (QED) is 0.276. The van der Waals surface area contributed by atoms with E-state index in [1.54, 1.807) is 6.20 Å². The van der Waals surface area contributed by atoms with Crippen molar-refractivity contribution in [3.8, 4) is 0 Å². The SMILES string of the molecule is CC(C)CN=C(N)NCCCCNc1ccccn1.I. The summed E-state index contributed by atoms with van der Waals surface area (Å²) in [5, 5.41) is 6.39. The van der Waals surface area contributed by atoms with Crippen LogP contribution in [0.1, 0.15) is 26.7 Å². The van der Waals surface area contributed by atoms with Gasteiger partial charge < -0.3 is 16.4 Å². The lowest BCUT2D eigenvalue weighted by atomic mass is 10.2. The molecule has 1 aromatic heterocycles. The molecule has 6 heteroatoms. The maximum Gasteiger partial charge on any atom is 0.188 e. The van der Waals surface area contributed by atoms with E-state index in [-0.39, 0.29) is 24.0 Å². The minimum atomic E-state index is 0. The van der Waals surface area contributed by atoms with Crippen molar-refractivity contribution in [2.24, 2.45) is 16.6 Å². The monoisotopic (exact) mass is 391 g/mol. The highest BCUT2D eigenvalue weighted by molar-refractivity contribution is 14.0. The van der Waals surface area contributed by atoms with Crippen LogP contribution < -0.4 is 16.4 Å². The molecule has 1 rings (SSSR count). The minimum absolute atomic E-state index is 0. The molecule has 1 aromatic rings. The molecule has 0 aliphatic carbocycles. The second-order valence-electron chi connectivity index (χ2n) is 4.90. The summed E-state index contributed by atoms with van der Waals surface area (Å²) in [5.74, 6) is 2.02. The van der Waals surface area contributed by atoms with Crippen LogP contribution in [0.15, 0.2) is 29.4 Å². The van der Waals surface area contributed by atoms with E-state index in [4.69, 9.17) is 5.73 Å². The summed E-state index contributed by atoms with van der Waals surface area (Å²) in [7, 11) is 0. The van der Waals surface area contributed by atoms with Crippen LogP contribution in [0.2, 0.25) is 0 Å². The molecule has 0 aliphatic heterocycles. The Morgan fingerprint density at radius 1 is 1.30 bits per heavy atom. The van der Waals surface area contributed by atoms with Gasteiger partial charge in [0.1, 0.15) is 5.82 Å². The first-order chi connectivity index (χ1) is 9.18. The maximum atomic E-state index is 5.74. The Morgan fingerprint density at radius 2 is 2.05 bits per heavy atom. The Balaban J connectivity index is 0.00000361. The van der Waals surface area contributed by atoms with E-state index in [1.165, 1.54) is 0 Å². The summed E-state index contributed by atoms with van der Waals surface area (Å²) in [6.07, 6.45) is 3.91. The third-order valence-corrected chi connectivity index (χ3v) is 2.51. The number of nitrogens with zero attached hydrogens (tertiary/aromatic N) is 2. The van der Waals surface area contributed by atoms with Crippen LogP contribution >= 0.6 is 24.0 Å². The molecule has 0 radical (unpaired) electrons. The van der Waals surface area contributed by atoms with Crippen molar-refractivity contribution in [3.05, 3.63) is 24.4 Å². The van der Waals surface area contributed by atoms with E-state index in [2.05, 4.69) is 34.5 Å². The second kappa shape index (κ2) is 11.7. The highest BCUT2D eigenvalue weighted by Gasteiger charge is 1.95. The van der Waals surface area contributed by atoms with Crippen LogP contribution in [0.5, 0.6) is 0 Å². The van der Waals surface area contributed by atoms with Crippen LogP contribution in [0.3, 0.4) is 0 Å². The number of rotatable bonds is 8. The van der Waals surface area contributed by atoms with Gasteiger partial charge in [-0.25, -0.2) is 4.98 Å². The third kappa shape index (κ3) is 9.82. The number of aliphatic imine (C=N–C) groups is 1. The highest BCUT2D eigenvalue weighted by atomic mass is 127. The summed E-state index contributed by atoms with van der Waals surface area (Å²) in [6.45, 7) is 6.80. The van der Waals surface area contributed by atoms with Crippen molar-refractivity contribution in [1.29, 1.82) is 0 Å². The molecule has 5 nitrogen and oxygen atoms in total. The topological polar surface area (TPSA) is 75.3 Å². The number of anilines is 1. The minimum Gasteiger partial charge on any atom is -0.370 e. The van der Waals surface area contributed by atoms with Gasteiger partial charge in [0.2, 0.25) is 0 Å². The number of nitrogens with one attached hydrogen (secondary N) is 2. The molecule has 0 spiro atoms. The van der Waals surface area contributed by atoms with Gasteiger partial charge in [-0.1, -0.05) is 19.9 Å². The zero-order chi connectivity index (χ0) is 13.9. The van der Waals surface area contributed by atoms with E-state index in [9.17, 15) is 0 Å². The zero-order valence-corrected chi connectivity index (χ0v) is 14.6. The molecule has 4 N–H and O–H groups in total. The number of guanidine groups is 1. The lowest BCUT2D eigenvalue weighted by molar-refractivity contribution is 0.658. The molecular formula is C14H26IN5. The molecule has 0 bridgehead atoms. The molecule has 0 saturated carbocycles. The molecule has 0 saturated heterocycles. The van der Waals surface area contributed by atoms with Crippen molar-refractivity contribution in [1.82, 2.24) is 10.3 Å². The number of unbranched alkanes of at least 4 members (excludes halogenated alkanes) is 1. The third-order valence-electron chi connectivity index (χ3n) is 2.51. The normalized spacial score (nSPS) is 11.1. The Morgan fingerprint density at radius 3 is 2.70 bits per heavy atom. The van der Waals surface area contributed by atoms with Gasteiger partial charge in [0.15, 0.2) is 5.96 Å². The summed E-state index contributed by atoms with van der Waals surface area (Å²) in [4.78, 5) is 8.45. The van der Waals surface area contributed by atoms with E-state index in [1.807, 2.05) is 18.2 Å². The fourth-order valence-corrected chi connectivity index (χ4v) is 1.49. The van der Waals surface area contributed by atoms with Gasteiger partial charge >= 0.3 is 0 Å². The number of nitrogens with two attached hydrogens (primary N) is 1. The van der Waals surface area contributed by atoms with Crippen molar-refractivity contribution < 1.29 is 0 Å². The van der Waals surface area contributed by atoms with Gasteiger partial charge in [0.25, 0.3) is 0 Å². The number of halogens is 1. The van der Waals surface area contributed by atoms with Crippen LogP contribution in [-0.2, 0) is 0 Å². The van der Waals surface area contributed by atoms with Crippen LogP contribution in [-0.4, -0.2) is 30.6 Å². The summed E-state index contributed by atoms with van der Waals surface area (Å²) in [5.41, 5.74) is 5.74. The Bertz CT molecular complexity index is 367. The first kappa shape index (κ1) is 18.9. The van der Waals surface area contributed by atoms with Gasteiger partial charge in [0.05, 0.1) is 0 Å². The highest BCUT2D eigenvalue weighted by Crippen LogP contribution is 2.00. The largest absolute Gasteiger partial charge is 0.370 e. The average molecular weight is 391 g/mol. The average Bonchev–Trinajstić information content (AvgIpc) is 2.41. The molecule has 1 heterocycles. The van der Waals surface area contributed by atoms with Crippen LogP contribution in [0.25, 0.3) is 0 Å². The van der Waals surface area contributed by atoms with Crippen molar-refractivity contribution in [3.63, 3.8) is 0 Å².